The van der Waals surface area contributed by atoms with Crippen molar-refractivity contribution in [3.05, 3.63) is 48.2 Å². The lowest BCUT2D eigenvalue weighted by Gasteiger charge is -2.30. The number of amides is 1. The van der Waals surface area contributed by atoms with E-state index in [9.17, 15) is 18.0 Å². The number of rotatable bonds is 4. The Morgan fingerprint density at radius 3 is 2.45 bits per heavy atom. The molecule has 4 N–H and O–H groups in total. The Kier molecular flexibility index (Phi) is 5.75. The zero-order chi connectivity index (χ0) is 22.2. The van der Waals surface area contributed by atoms with Gasteiger partial charge < -0.3 is 16.0 Å². The average Bonchev–Trinajstić information content (AvgIpc) is 3.19. The molecule has 1 unspecified atom stereocenters. The van der Waals surface area contributed by atoms with Gasteiger partial charge in [0.05, 0.1) is 11.3 Å². The van der Waals surface area contributed by atoms with Crippen LogP contribution in [0.25, 0.3) is 22.3 Å². The Hall–Kier alpha value is -2.87. The highest BCUT2D eigenvalue weighted by Gasteiger charge is 2.30. The largest absolute Gasteiger partial charge is 0.416 e. The summed E-state index contributed by atoms with van der Waals surface area (Å²) in [5.74, 6) is 0.395. The number of benzene rings is 1. The van der Waals surface area contributed by atoms with Crippen LogP contribution in [0.2, 0.25) is 0 Å². The second-order valence-corrected chi connectivity index (χ2v) is 8.34. The molecule has 2 heterocycles. The smallest absolute Gasteiger partial charge is 0.339 e. The van der Waals surface area contributed by atoms with Gasteiger partial charge in [0.2, 0.25) is 5.91 Å². The van der Waals surface area contributed by atoms with Crippen LogP contribution in [0.3, 0.4) is 0 Å². The van der Waals surface area contributed by atoms with Crippen LogP contribution in [0.1, 0.15) is 38.2 Å². The number of alkyl halides is 3. The third-order valence-electron chi connectivity index (χ3n) is 6.20. The maximum Gasteiger partial charge on any atom is 0.416 e. The molecule has 2 aromatic heterocycles. The van der Waals surface area contributed by atoms with E-state index in [0.717, 1.165) is 43.2 Å². The first kappa shape index (κ1) is 21.4. The molecule has 4 rings (SSSR count). The van der Waals surface area contributed by atoms with E-state index < -0.39 is 11.7 Å². The van der Waals surface area contributed by atoms with Crippen molar-refractivity contribution in [3.63, 3.8) is 0 Å². The summed E-state index contributed by atoms with van der Waals surface area (Å²) < 4.78 is 38.4. The minimum Gasteiger partial charge on any atom is -0.339 e. The van der Waals surface area contributed by atoms with Gasteiger partial charge in [0.25, 0.3) is 0 Å². The molecule has 8 heteroatoms. The molecular formula is C23H25F3N4O. The van der Waals surface area contributed by atoms with E-state index in [1.807, 2.05) is 6.92 Å². The third-order valence-corrected chi connectivity index (χ3v) is 6.20. The maximum absolute atomic E-state index is 12.8. The Morgan fingerprint density at radius 1 is 1.16 bits per heavy atom. The summed E-state index contributed by atoms with van der Waals surface area (Å²) in [4.78, 5) is 20.2. The molecular weight excluding hydrogens is 405 g/mol. The first-order chi connectivity index (χ1) is 14.7. The number of aromatic amines is 1. The number of fused-ring (bicyclic) bond motifs is 1. The van der Waals surface area contributed by atoms with E-state index in [2.05, 4.69) is 15.3 Å². The minimum atomic E-state index is -4.38. The molecule has 0 saturated heterocycles. The van der Waals surface area contributed by atoms with E-state index in [0.29, 0.717) is 28.5 Å². The highest BCUT2D eigenvalue weighted by atomic mass is 19.4. The quantitative estimate of drug-likeness (QED) is 0.522. The Morgan fingerprint density at radius 2 is 1.84 bits per heavy atom. The second-order valence-electron chi connectivity index (χ2n) is 8.34. The standard InChI is InChI=1S/C23H25F3N4O/c1-13(27)14-2-4-16(5-3-14)22(31)30-19-10-11-28-21-18(19)12-20(29-21)15-6-8-17(9-7-15)23(24,25)26/h6-14,16H,2-5,27H2,1H3,(H2,28,29,30,31). The van der Waals surface area contributed by atoms with Gasteiger partial charge in [-0.2, -0.15) is 13.2 Å². The lowest BCUT2D eigenvalue weighted by Crippen LogP contribution is -2.33. The molecule has 1 fully saturated rings. The number of aromatic nitrogens is 2. The molecule has 1 atom stereocenters. The number of carbonyl (C=O) groups is 1. The van der Waals surface area contributed by atoms with Crippen LogP contribution in [0.5, 0.6) is 0 Å². The van der Waals surface area contributed by atoms with E-state index in [1.54, 1.807) is 18.3 Å². The van der Waals surface area contributed by atoms with E-state index in [4.69, 9.17) is 5.73 Å². The van der Waals surface area contributed by atoms with Crippen molar-refractivity contribution in [2.45, 2.75) is 44.8 Å². The van der Waals surface area contributed by atoms with Crippen LogP contribution < -0.4 is 11.1 Å². The van der Waals surface area contributed by atoms with Crippen molar-refractivity contribution in [3.8, 4) is 11.3 Å². The molecule has 31 heavy (non-hydrogen) atoms. The number of anilines is 1. The lowest BCUT2D eigenvalue weighted by atomic mass is 9.79. The topological polar surface area (TPSA) is 83.8 Å². The van der Waals surface area contributed by atoms with Gasteiger partial charge >= 0.3 is 6.18 Å². The van der Waals surface area contributed by atoms with Gasteiger partial charge in [-0.25, -0.2) is 4.98 Å². The minimum absolute atomic E-state index is 0.0205. The molecule has 1 aliphatic rings. The first-order valence-corrected chi connectivity index (χ1v) is 10.4. The molecule has 1 aromatic carbocycles. The van der Waals surface area contributed by atoms with Crippen molar-refractivity contribution in [2.75, 3.05) is 5.32 Å². The van der Waals surface area contributed by atoms with Crippen molar-refractivity contribution in [1.82, 2.24) is 9.97 Å². The third kappa shape index (κ3) is 4.58. The highest BCUT2D eigenvalue weighted by molar-refractivity contribution is 6.02. The number of hydrogen-bond acceptors (Lipinski definition) is 3. The lowest BCUT2D eigenvalue weighted by molar-refractivity contribution is -0.137. The van der Waals surface area contributed by atoms with Gasteiger partial charge in [-0.05, 0) is 68.4 Å². The van der Waals surface area contributed by atoms with Gasteiger partial charge in [-0.1, -0.05) is 12.1 Å². The molecule has 5 nitrogen and oxygen atoms in total. The Balaban J connectivity index is 1.52. The van der Waals surface area contributed by atoms with Crippen molar-refractivity contribution in [2.24, 2.45) is 17.6 Å². The monoisotopic (exact) mass is 430 g/mol. The molecule has 0 aliphatic heterocycles. The fourth-order valence-corrected chi connectivity index (χ4v) is 4.27. The van der Waals surface area contributed by atoms with Crippen LogP contribution in [0.15, 0.2) is 42.6 Å². The molecule has 3 aromatic rings. The molecule has 1 aliphatic carbocycles. The fraction of sp³-hybridized carbons (Fsp3) is 0.391. The summed E-state index contributed by atoms with van der Waals surface area (Å²) in [5.41, 5.74) is 7.73. The van der Waals surface area contributed by atoms with Crippen molar-refractivity contribution in [1.29, 1.82) is 0 Å². The number of nitrogens with one attached hydrogen (secondary N) is 2. The van der Waals surface area contributed by atoms with E-state index in [1.165, 1.54) is 12.1 Å². The predicted octanol–water partition coefficient (Wildman–Crippen LogP) is 5.34. The van der Waals surface area contributed by atoms with E-state index in [-0.39, 0.29) is 17.9 Å². The zero-order valence-corrected chi connectivity index (χ0v) is 17.2. The number of nitrogens with zero attached hydrogens (tertiary/aromatic N) is 1. The van der Waals surface area contributed by atoms with Crippen LogP contribution in [-0.4, -0.2) is 21.9 Å². The molecule has 0 radical (unpaired) electrons. The summed E-state index contributed by atoms with van der Waals surface area (Å²) in [7, 11) is 0. The van der Waals surface area contributed by atoms with Crippen LogP contribution in [0.4, 0.5) is 18.9 Å². The molecule has 1 saturated carbocycles. The number of carbonyl (C=O) groups excluding carboxylic acids is 1. The fourth-order valence-electron chi connectivity index (χ4n) is 4.27. The van der Waals surface area contributed by atoms with Gasteiger partial charge in [-0.3, -0.25) is 4.79 Å². The van der Waals surface area contributed by atoms with Gasteiger partial charge in [-0.15, -0.1) is 0 Å². The van der Waals surface area contributed by atoms with Crippen molar-refractivity contribution < 1.29 is 18.0 Å². The summed E-state index contributed by atoms with van der Waals surface area (Å²) in [5, 5.41) is 3.73. The number of H-pyrrole nitrogens is 1. The Bertz CT molecular complexity index is 1060. The number of pyridine rings is 1. The number of hydrogen-bond donors (Lipinski definition) is 3. The first-order valence-electron chi connectivity index (χ1n) is 10.4. The van der Waals surface area contributed by atoms with Crippen LogP contribution >= 0.6 is 0 Å². The van der Waals surface area contributed by atoms with Crippen molar-refractivity contribution >= 4 is 22.6 Å². The van der Waals surface area contributed by atoms with Gasteiger partial charge in [0.1, 0.15) is 5.65 Å². The molecule has 0 bridgehead atoms. The highest BCUT2D eigenvalue weighted by Crippen LogP contribution is 2.34. The summed E-state index contributed by atoms with van der Waals surface area (Å²) in [6, 6.07) is 8.62. The molecule has 164 valence electrons. The van der Waals surface area contributed by atoms with Gasteiger partial charge in [0.15, 0.2) is 0 Å². The summed E-state index contributed by atoms with van der Waals surface area (Å²) >= 11 is 0. The molecule has 0 spiro atoms. The van der Waals surface area contributed by atoms with Crippen LogP contribution in [-0.2, 0) is 11.0 Å². The Labute approximate surface area is 178 Å². The van der Waals surface area contributed by atoms with E-state index >= 15 is 0 Å². The number of halogens is 3. The van der Waals surface area contributed by atoms with Gasteiger partial charge in [0, 0.05) is 29.2 Å². The average molecular weight is 430 g/mol. The summed E-state index contributed by atoms with van der Waals surface area (Å²) in [6.07, 6.45) is 0.747. The predicted molar refractivity (Wildman–Crippen MR) is 114 cm³/mol. The van der Waals surface area contributed by atoms with Crippen LogP contribution in [0, 0.1) is 11.8 Å². The zero-order valence-electron chi connectivity index (χ0n) is 17.2. The second kappa shape index (κ2) is 8.34. The maximum atomic E-state index is 12.8. The SMILES string of the molecule is CC(N)C1CCC(C(=O)Nc2ccnc3[nH]c(-c4ccc(C(F)(F)F)cc4)cc23)CC1. The number of nitrogens with two attached hydrogens (primary N) is 1. The summed E-state index contributed by atoms with van der Waals surface area (Å²) in [6.45, 7) is 2.01. The molecule has 1 amide bonds. The normalized spacial score (nSPS) is 20.5.